The van der Waals surface area contributed by atoms with E-state index >= 15 is 0 Å². The Hall–Kier alpha value is -1.87. The molecule has 2 saturated carbocycles. The number of aliphatic carboxylic acids is 1. The molecule has 256 valence electrons. The third-order valence-electron chi connectivity index (χ3n) is 11.6. The summed E-state index contributed by atoms with van der Waals surface area (Å²) in [5.41, 5.74) is 6.38. The maximum absolute atomic E-state index is 12.3. The number of carbonyl (C=O) groups is 1. The van der Waals surface area contributed by atoms with Gasteiger partial charge in [-0.25, -0.2) is 0 Å². The minimum atomic E-state index is -0.957. The van der Waals surface area contributed by atoms with E-state index in [1.165, 1.54) is 24.8 Å². The van der Waals surface area contributed by atoms with Crippen LogP contribution in [-0.2, 0) is 4.79 Å². The zero-order valence-corrected chi connectivity index (χ0v) is 28.0. The van der Waals surface area contributed by atoms with Crippen LogP contribution >= 0.6 is 0 Å². The number of hydrogen-bond donors (Lipinski definition) is 7. The molecular weight excluding hydrogens is 566 g/mol. The Morgan fingerprint density at radius 2 is 1.91 bits per heavy atom. The Labute approximate surface area is 272 Å². The molecule has 4 aliphatic rings. The zero-order valence-electron chi connectivity index (χ0n) is 28.0. The molecule has 1 heterocycles. The van der Waals surface area contributed by atoms with Crippen LogP contribution < -0.4 is 16.4 Å². The van der Waals surface area contributed by atoms with Crippen molar-refractivity contribution in [1.82, 2.24) is 10.6 Å². The number of allylic oxidation sites excluding steroid dienone is 3. The number of dihydropyridines is 1. The quantitative estimate of drug-likeness (QED) is 0.0804. The van der Waals surface area contributed by atoms with Gasteiger partial charge >= 0.3 is 5.97 Å². The first-order valence-electron chi connectivity index (χ1n) is 18.3. The van der Waals surface area contributed by atoms with Gasteiger partial charge in [-0.05, 0) is 112 Å². The average molecular weight is 630 g/mol. The van der Waals surface area contributed by atoms with Gasteiger partial charge in [0, 0.05) is 12.5 Å². The summed E-state index contributed by atoms with van der Waals surface area (Å²) in [5, 5.41) is 50.9. The molecule has 10 atom stereocenters. The van der Waals surface area contributed by atoms with Crippen LogP contribution in [-0.4, -0.2) is 63.8 Å². The number of aliphatic hydroxyl groups is 3. The van der Waals surface area contributed by atoms with E-state index in [0.717, 1.165) is 77.4 Å². The Balaban J connectivity index is 1.27. The number of unbranched alkanes of at least 4 members (excludes halogenated alkanes) is 4. The highest BCUT2D eigenvalue weighted by molar-refractivity contribution is 5.70. The second kappa shape index (κ2) is 17.3. The lowest BCUT2D eigenvalue weighted by Crippen LogP contribution is -2.46. The highest BCUT2D eigenvalue weighted by Gasteiger charge is 2.55. The third kappa shape index (κ3) is 9.82. The molecule has 3 aliphatic carbocycles. The Bertz CT molecular complexity index is 1030. The smallest absolute Gasteiger partial charge is 0.309 e. The van der Waals surface area contributed by atoms with Crippen LogP contribution in [0.15, 0.2) is 35.7 Å². The molecule has 0 saturated heterocycles. The van der Waals surface area contributed by atoms with E-state index in [9.17, 15) is 25.2 Å². The summed E-state index contributed by atoms with van der Waals surface area (Å²) in [6.07, 6.45) is 20.7. The summed E-state index contributed by atoms with van der Waals surface area (Å²) in [4.78, 5) is 12.3. The highest BCUT2D eigenvalue weighted by atomic mass is 16.4. The molecule has 2 fully saturated rings. The summed E-state index contributed by atoms with van der Waals surface area (Å²) in [6, 6.07) is 0. The molecule has 1 aliphatic heterocycles. The summed E-state index contributed by atoms with van der Waals surface area (Å²) < 4.78 is 0. The molecule has 45 heavy (non-hydrogen) atoms. The monoisotopic (exact) mass is 629 g/mol. The molecule has 0 aromatic rings. The van der Waals surface area contributed by atoms with Crippen molar-refractivity contribution < 1.29 is 25.2 Å². The molecule has 0 spiro atoms. The Morgan fingerprint density at radius 3 is 2.62 bits per heavy atom. The van der Waals surface area contributed by atoms with Gasteiger partial charge in [-0.15, -0.1) is 0 Å². The van der Waals surface area contributed by atoms with Gasteiger partial charge in [0.25, 0.3) is 0 Å². The molecule has 0 bridgehead atoms. The molecule has 0 aromatic heterocycles. The molecule has 10 unspecified atom stereocenters. The van der Waals surface area contributed by atoms with E-state index in [1.54, 1.807) is 0 Å². The van der Waals surface area contributed by atoms with E-state index in [2.05, 4.69) is 42.7 Å². The molecular formula is C37H63N3O5. The summed E-state index contributed by atoms with van der Waals surface area (Å²) in [5.74, 6) is 0.171. The van der Waals surface area contributed by atoms with Gasteiger partial charge in [0.15, 0.2) is 0 Å². The van der Waals surface area contributed by atoms with Crippen molar-refractivity contribution in [3.63, 3.8) is 0 Å². The van der Waals surface area contributed by atoms with Crippen molar-refractivity contribution in [1.29, 1.82) is 0 Å². The highest BCUT2D eigenvalue weighted by Crippen LogP contribution is 2.55. The second-order valence-electron chi connectivity index (χ2n) is 14.8. The van der Waals surface area contributed by atoms with Gasteiger partial charge < -0.3 is 36.8 Å². The van der Waals surface area contributed by atoms with Gasteiger partial charge in [0.05, 0.1) is 29.5 Å². The van der Waals surface area contributed by atoms with Crippen LogP contribution in [0, 0.1) is 41.4 Å². The van der Waals surface area contributed by atoms with E-state index in [0.29, 0.717) is 42.8 Å². The van der Waals surface area contributed by atoms with Gasteiger partial charge in [-0.3, -0.25) is 4.79 Å². The van der Waals surface area contributed by atoms with Crippen LogP contribution in [0.2, 0.25) is 0 Å². The first-order chi connectivity index (χ1) is 21.6. The largest absolute Gasteiger partial charge is 0.481 e. The van der Waals surface area contributed by atoms with Gasteiger partial charge in [0.2, 0.25) is 0 Å². The molecule has 0 aromatic carbocycles. The maximum Gasteiger partial charge on any atom is 0.309 e. The number of rotatable bonds is 18. The molecule has 8 N–H and O–H groups in total. The number of nitrogens with two attached hydrogens (primary N) is 1. The molecule has 4 rings (SSSR count). The van der Waals surface area contributed by atoms with Crippen LogP contribution in [0.25, 0.3) is 0 Å². The lowest BCUT2D eigenvalue weighted by atomic mass is 9.66. The molecule has 0 amide bonds. The van der Waals surface area contributed by atoms with E-state index in [-0.39, 0.29) is 23.9 Å². The average Bonchev–Trinajstić information content (AvgIpc) is 3.28. The van der Waals surface area contributed by atoms with Crippen LogP contribution in [0.1, 0.15) is 110 Å². The summed E-state index contributed by atoms with van der Waals surface area (Å²) >= 11 is 0. The topological polar surface area (TPSA) is 148 Å². The predicted molar refractivity (Wildman–Crippen MR) is 180 cm³/mol. The van der Waals surface area contributed by atoms with E-state index < -0.39 is 23.6 Å². The van der Waals surface area contributed by atoms with Crippen LogP contribution in [0.5, 0.6) is 0 Å². The third-order valence-corrected chi connectivity index (χ3v) is 11.6. The van der Waals surface area contributed by atoms with Gasteiger partial charge in [-0.1, -0.05) is 70.6 Å². The summed E-state index contributed by atoms with van der Waals surface area (Å²) in [6.45, 7) is 6.77. The first kappa shape index (κ1) is 36.0. The minimum absolute atomic E-state index is 0.133. The minimum Gasteiger partial charge on any atom is -0.481 e. The van der Waals surface area contributed by atoms with Crippen molar-refractivity contribution in [2.45, 2.75) is 128 Å². The Morgan fingerprint density at radius 1 is 1.11 bits per heavy atom. The first-order valence-corrected chi connectivity index (χ1v) is 18.3. The van der Waals surface area contributed by atoms with Gasteiger partial charge in [-0.2, -0.15) is 0 Å². The van der Waals surface area contributed by atoms with E-state index in [4.69, 9.17) is 5.73 Å². The molecule has 8 nitrogen and oxygen atoms in total. The van der Waals surface area contributed by atoms with Crippen molar-refractivity contribution in [2.75, 3.05) is 19.6 Å². The standard InChI is InChI=1S/C37H63N3O5/c1-3-5-7-10-25-13-14-27(33(41)20-25)11-8-6-9-12-30(36(43)44)35(42)28-15-16-32-31(19-26-17-18-40-34(38)21-26)29(24-39-4-2)23-37(32,45)22-28/h13-14,17,21,25,27-33,35,39-42,45H,3-12,15-16,18-20,22-24,38H2,1-2H3,(H,43,44). The van der Waals surface area contributed by atoms with Crippen LogP contribution in [0.3, 0.4) is 0 Å². The Kier molecular flexibility index (Phi) is 13.9. The lowest BCUT2D eigenvalue weighted by Gasteiger charge is -2.43. The maximum atomic E-state index is 12.3. The number of fused-ring (bicyclic) bond motifs is 1. The van der Waals surface area contributed by atoms with Crippen molar-refractivity contribution in [3.8, 4) is 0 Å². The predicted octanol–water partition coefficient (Wildman–Crippen LogP) is 5.24. The van der Waals surface area contributed by atoms with Crippen LogP contribution in [0.4, 0.5) is 0 Å². The molecule has 0 radical (unpaired) electrons. The van der Waals surface area contributed by atoms with Crippen molar-refractivity contribution in [2.24, 2.45) is 47.2 Å². The number of carboxylic acids is 1. The van der Waals surface area contributed by atoms with E-state index in [1.807, 2.05) is 6.08 Å². The normalized spacial score (nSPS) is 34.4. The number of carboxylic acid groups (broad SMARTS) is 1. The fraction of sp³-hybridized carbons (Fsp3) is 0.811. The number of hydrogen-bond acceptors (Lipinski definition) is 7. The number of aliphatic hydroxyl groups excluding tert-OH is 2. The molecule has 8 heteroatoms. The zero-order chi connectivity index (χ0) is 32.4. The second-order valence-corrected chi connectivity index (χ2v) is 14.8. The lowest BCUT2D eigenvalue weighted by molar-refractivity contribution is -0.151. The fourth-order valence-electron chi connectivity index (χ4n) is 9.17. The SMILES string of the molecule is CCCCCC1C=CC(CCCCCC(C(=O)O)C(O)C2CCC3C(CC4=CCNC(N)=C4)C(CNCC)CC3(O)C2)C(O)C1. The fourth-order valence-corrected chi connectivity index (χ4v) is 9.17. The van der Waals surface area contributed by atoms with Gasteiger partial charge in [0.1, 0.15) is 0 Å². The van der Waals surface area contributed by atoms with Crippen molar-refractivity contribution in [3.05, 3.63) is 35.7 Å². The summed E-state index contributed by atoms with van der Waals surface area (Å²) in [7, 11) is 0. The van der Waals surface area contributed by atoms with Crippen molar-refractivity contribution >= 4 is 5.97 Å². The number of nitrogens with one attached hydrogen (secondary N) is 2.